The summed E-state index contributed by atoms with van der Waals surface area (Å²) in [5.41, 5.74) is 4.30. The lowest BCUT2D eigenvalue weighted by Crippen LogP contribution is -2.29. The molecule has 0 amide bonds. The third kappa shape index (κ3) is 1.78. The Labute approximate surface area is 132 Å². The van der Waals surface area contributed by atoms with Gasteiger partial charge in [-0.2, -0.15) is 4.57 Å². The van der Waals surface area contributed by atoms with Crippen LogP contribution in [0.25, 0.3) is 32.8 Å². The minimum absolute atomic E-state index is 0. The zero-order valence-corrected chi connectivity index (χ0v) is 13.2. The van der Waals surface area contributed by atoms with E-state index in [0.717, 1.165) is 27.5 Å². The lowest BCUT2D eigenvalue weighted by molar-refractivity contribution is -0.616. The van der Waals surface area contributed by atoms with Gasteiger partial charge in [-0.1, -0.05) is 12.1 Å². The summed E-state index contributed by atoms with van der Waals surface area (Å²) in [6, 6.07) is 15.1. The molecule has 0 saturated carbocycles. The van der Waals surface area contributed by atoms with E-state index in [9.17, 15) is 4.39 Å². The van der Waals surface area contributed by atoms with E-state index in [1.54, 1.807) is 6.07 Å². The van der Waals surface area contributed by atoms with Crippen molar-refractivity contribution in [3.8, 4) is 0 Å². The van der Waals surface area contributed by atoms with Crippen LogP contribution in [0.2, 0.25) is 0 Å². The summed E-state index contributed by atoms with van der Waals surface area (Å²) in [5, 5.41) is 2.09. The summed E-state index contributed by atoms with van der Waals surface area (Å²) in [5.74, 6) is -0.206. The Bertz CT molecular complexity index is 943. The smallest absolute Gasteiger partial charge is 0.238 e. The number of hydrogen-bond donors (Lipinski definition) is 1. The predicted molar refractivity (Wildman–Crippen MR) is 89.9 cm³/mol. The second-order valence-electron chi connectivity index (χ2n) is 4.84. The molecule has 4 rings (SSSR count). The molecular weight excluding hydrogens is 366 g/mol. The number of nitrogens with one attached hydrogen (secondary N) is 1. The molecular formula is C16H13FIN2+. The van der Waals surface area contributed by atoms with Crippen molar-refractivity contribution in [3.05, 3.63) is 54.3 Å². The summed E-state index contributed by atoms with van der Waals surface area (Å²) in [4.78, 5) is 3.39. The molecule has 0 spiro atoms. The van der Waals surface area contributed by atoms with Crippen LogP contribution in [-0.4, -0.2) is 4.98 Å². The van der Waals surface area contributed by atoms with E-state index in [1.165, 1.54) is 11.5 Å². The molecule has 2 aromatic heterocycles. The normalized spacial score (nSPS) is 11.1. The Kier molecular flexibility index (Phi) is 3.12. The van der Waals surface area contributed by atoms with Gasteiger partial charge in [0.2, 0.25) is 11.0 Å². The first-order valence-electron chi connectivity index (χ1n) is 6.23. The molecule has 20 heavy (non-hydrogen) atoms. The van der Waals surface area contributed by atoms with Gasteiger partial charge in [0.15, 0.2) is 0 Å². The number of halogens is 2. The highest BCUT2D eigenvalue weighted by Gasteiger charge is 2.16. The number of para-hydroxylation sites is 1. The third-order valence-electron chi connectivity index (χ3n) is 3.69. The number of aromatic nitrogens is 2. The molecule has 0 aliphatic carbocycles. The fourth-order valence-electron chi connectivity index (χ4n) is 2.84. The van der Waals surface area contributed by atoms with E-state index in [2.05, 4.69) is 21.7 Å². The van der Waals surface area contributed by atoms with Crippen LogP contribution in [0, 0.1) is 5.82 Å². The molecule has 0 saturated heterocycles. The standard InChI is InChI=1S/C16H11FN2.HI/c1-19-15-7-6-11(17)8-10(15)9-14-16(19)12-4-2-3-5-13(12)18-14;/h2-9H,1H3;1H/p+1. The number of nitrogens with zero attached hydrogens (tertiary/aromatic N) is 1. The van der Waals surface area contributed by atoms with Crippen LogP contribution in [0.3, 0.4) is 0 Å². The Hall–Kier alpha value is -1.69. The van der Waals surface area contributed by atoms with Crippen LogP contribution in [-0.2, 0) is 7.05 Å². The highest BCUT2D eigenvalue weighted by molar-refractivity contribution is 14.0. The summed E-state index contributed by atoms with van der Waals surface area (Å²) in [7, 11) is 2.02. The summed E-state index contributed by atoms with van der Waals surface area (Å²) < 4.78 is 15.5. The average Bonchev–Trinajstić information content (AvgIpc) is 2.76. The molecule has 2 heterocycles. The maximum absolute atomic E-state index is 13.4. The largest absolute Gasteiger partial charge is 0.349 e. The van der Waals surface area contributed by atoms with Crippen molar-refractivity contribution in [2.45, 2.75) is 0 Å². The first-order chi connectivity index (χ1) is 9.24. The van der Waals surface area contributed by atoms with Crippen molar-refractivity contribution in [2.75, 3.05) is 0 Å². The zero-order valence-electron chi connectivity index (χ0n) is 10.9. The lowest BCUT2D eigenvalue weighted by atomic mass is 10.1. The maximum Gasteiger partial charge on any atom is 0.238 e. The summed E-state index contributed by atoms with van der Waals surface area (Å²) in [6.07, 6.45) is 0. The quantitative estimate of drug-likeness (QED) is 0.351. The van der Waals surface area contributed by atoms with Crippen molar-refractivity contribution >= 4 is 56.8 Å². The molecule has 2 nitrogen and oxygen atoms in total. The van der Waals surface area contributed by atoms with Crippen molar-refractivity contribution in [3.63, 3.8) is 0 Å². The number of fused-ring (bicyclic) bond motifs is 4. The molecule has 4 aromatic rings. The van der Waals surface area contributed by atoms with Crippen molar-refractivity contribution in [1.29, 1.82) is 0 Å². The van der Waals surface area contributed by atoms with Gasteiger partial charge in [0.05, 0.1) is 16.3 Å². The highest BCUT2D eigenvalue weighted by Crippen LogP contribution is 2.25. The monoisotopic (exact) mass is 379 g/mol. The first-order valence-corrected chi connectivity index (χ1v) is 6.23. The minimum atomic E-state index is -0.206. The van der Waals surface area contributed by atoms with Gasteiger partial charge in [0.1, 0.15) is 18.4 Å². The van der Waals surface area contributed by atoms with E-state index in [0.29, 0.717) is 0 Å². The lowest BCUT2D eigenvalue weighted by Gasteiger charge is -1.99. The number of hydrogen-bond acceptors (Lipinski definition) is 0. The molecule has 1 N–H and O–H groups in total. The Morgan fingerprint density at radius 3 is 2.65 bits per heavy atom. The van der Waals surface area contributed by atoms with Crippen molar-refractivity contribution in [2.24, 2.45) is 7.05 Å². The predicted octanol–water partition coefficient (Wildman–Crippen LogP) is 4.06. The van der Waals surface area contributed by atoms with Crippen LogP contribution in [0.1, 0.15) is 0 Å². The number of aromatic amines is 1. The highest BCUT2D eigenvalue weighted by atomic mass is 127. The van der Waals surface area contributed by atoms with E-state index >= 15 is 0 Å². The molecule has 100 valence electrons. The maximum atomic E-state index is 13.4. The Morgan fingerprint density at radius 1 is 1.00 bits per heavy atom. The topological polar surface area (TPSA) is 19.7 Å². The van der Waals surface area contributed by atoms with E-state index in [4.69, 9.17) is 0 Å². The number of H-pyrrole nitrogens is 1. The van der Waals surface area contributed by atoms with E-state index in [-0.39, 0.29) is 29.8 Å². The second kappa shape index (κ2) is 4.70. The van der Waals surface area contributed by atoms with E-state index in [1.807, 2.05) is 31.3 Å². The van der Waals surface area contributed by atoms with Gasteiger partial charge >= 0.3 is 0 Å². The summed E-state index contributed by atoms with van der Waals surface area (Å²) >= 11 is 0. The molecule has 2 aromatic carbocycles. The summed E-state index contributed by atoms with van der Waals surface area (Å²) in [6.45, 7) is 0. The van der Waals surface area contributed by atoms with Gasteiger partial charge in [0.25, 0.3) is 0 Å². The van der Waals surface area contributed by atoms with E-state index < -0.39 is 0 Å². The molecule has 0 aliphatic rings. The van der Waals surface area contributed by atoms with Gasteiger partial charge in [-0.05, 0) is 30.3 Å². The van der Waals surface area contributed by atoms with Crippen LogP contribution >= 0.6 is 24.0 Å². The fourth-order valence-corrected chi connectivity index (χ4v) is 2.84. The molecule has 4 heteroatoms. The second-order valence-corrected chi connectivity index (χ2v) is 4.84. The number of pyridine rings is 1. The Morgan fingerprint density at radius 2 is 1.80 bits per heavy atom. The van der Waals surface area contributed by atoms with Crippen LogP contribution < -0.4 is 4.57 Å². The number of aryl methyl sites for hydroxylation is 1. The van der Waals surface area contributed by atoms with Crippen LogP contribution in [0.15, 0.2) is 48.5 Å². The van der Waals surface area contributed by atoms with Gasteiger partial charge in [0, 0.05) is 6.07 Å². The van der Waals surface area contributed by atoms with Crippen molar-refractivity contribution < 1.29 is 8.96 Å². The fraction of sp³-hybridized carbons (Fsp3) is 0.0625. The average molecular weight is 379 g/mol. The molecule has 0 atom stereocenters. The van der Waals surface area contributed by atoms with Crippen LogP contribution in [0.4, 0.5) is 4.39 Å². The number of rotatable bonds is 0. The first kappa shape index (κ1) is 13.3. The SMILES string of the molecule is C[n+]1c2ccc(F)cc2cc2[nH]c3ccccc3c21.I. The minimum Gasteiger partial charge on any atom is -0.349 e. The van der Waals surface area contributed by atoms with Gasteiger partial charge in [-0.3, -0.25) is 0 Å². The van der Waals surface area contributed by atoms with Crippen LogP contribution in [0.5, 0.6) is 0 Å². The Balaban J connectivity index is 0.00000121. The molecule has 0 radical (unpaired) electrons. The van der Waals surface area contributed by atoms with Gasteiger partial charge < -0.3 is 4.98 Å². The molecule has 0 aliphatic heterocycles. The molecule has 0 fully saturated rings. The third-order valence-corrected chi connectivity index (χ3v) is 3.69. The zero-order chi connectivity index (χ0) is 13.0. The number of benzene rings is 2. The molecule has 0 bridgehead atoms. The van der Waals surface area contributed by atoms with Crippen molar-refractivity contribution in [1.82, 2.24) is 4.98 Å². The molecule has 0 unspecified atom stereocenters. The van der Waals surface area contributed by atoms with Gasteiger partial charge in [-0.15, -0.1) is 24.0 Å². The van der Waals surface area contributed by atoms with Gasteiger partial charge in [-0.25, -0.2) is 4.39 Å².